The molecule has 8 heteroatoms. The quantitative estimate of drug-likeness (QED) is 0.299. The van der Waals surface area contributed by atoms with E-state index in [4.69, 9.17) is 4.74 Å². The van der Waals surface area contributed by atoms with Crippen LogP contribution in [0.1, 0.15) is 60.8 Å². The van der Waals surface area contributed by atoms with Crippen LogP contribution < -0.4 is 10.1 Å². The number of nitrogens with zero attached hydrogens (tertiary/aromatic N) is 5. The minimum atomic E-state index is -0.219. The molecule has 5 rings (SSSR count). The molecule has 0 spiro atoms. The number of aryl methyl sites for hydroxylation is 2. The van der Waals surface area contributed by atoms with Crippen molar-refractivity contribution in [1.82, 2.24) is 29.8 Å². The standard InChI is InChI=1S/C31H38N6O2/c1-21(2)37-20-28(18-33-37)26-14-24(13-25(15-26)27-17-32-35(5)19-27)23(4)34-31(38)30-16-29(8-7-22(30)3)39-12-11-36-9-6-10-36/h7-8,13-21,23H,6,9-12H2,1-5H3,(H,34,38)/t23-/m1/s1. The van der Waals surface area contributed by atoms with Crippen molar-refractivity contribution in [2.75, 3.05) is 26.2 Å². The van der Waals surface area contributed by atoms with Crippen molar-refractivity contribution in [3.8, 4) is 28.0 Å². The molecule has 1 saturated heterocycles. The molecule has 2 aromatic heterocycles. The third kappa shape index (κ3) is 6.23. The molecule has 8 nitrogen and oxygen atoms in total. The normalized spacial score (nSPS) is 14.3. The maximum absolute atomic E-state index is 13.4. The smallest absolute Gasteiger partial charge is 0.252 e. The van der Waals surface area contributed by atoms with E-state index in [2.05, 4.69) is 58.7 Å². The summed E-state index contributed by atoms with van der Waals surface area (Å²) >= 11 is 0. The van der Waals surface area contributed by atoms with E-state index in [1.54, 1.807) is 4.68 Å². The number of benzene rings is 2. The van der Waals surface area contributed by atoms with Gasteiger partial charge in [-0.3, -0.25) is 19.1 Å². The Morgan fingerprint density at radius 3 is 2.31 bits per heavy atom. The fourth-order valence-electron chi connectivity index (χ4n) is 4.77. The van der Waals surface area contributed by atoms with Gasteiger partial charge in [-0.15, -0.1) is 0 Å². The maximum Gasteiger partial charge on any atom is 0.252 e. The Bertz CT molecular complexity index is 1450. The van der Waals surface area contributed by atoms with Crippen LogP contribution in [0.2, 0.25) is 0 Å². The van der Waals surface area contributed by atoms with Crippen molar-refractivity contribution in [3.05, 3.63) is 77.9 Å². The fraction of sp³-hybridized carbons (Fsp3) is 0.387. The van der Waals surface area contributed by atoms with Crippen LogP contribution in [-0.2, 0) is 7.05 Å². The number of likely N-dealkylation sites (tertiary alicyclic amines) is 1. The van der Waals surface area contributed by atoms with Gasteiger partial charge in [0.2, 0.25) is 0 Å². The number of aromatic nitrogens is 4. The predicted octanol–water partition coefficient (Wildman–Crippen LogP) is 5.42. The van der Waals surface area contributed by atoms with Crippen molar-refractivity contribution >= 4 is 5.91 Å². The molecule has 204 valence electrons. The molecule has 39 heavy (non-hydrogen) atoms. The molecule has 1 N–H and O–H groups in total. The lowest BCUT2D eigenvalue weighted by Gasteiger charge is -2.30. The van der Waals surface area contributed by atoms with Crippen LogP contribution in [0.5, 0.6) is 5.75 Å². The summed E-state index contributed by atoms with van der Waals surface area (Å²) in [4.78, 5) is 15.8. The highest BCUT2D eigenvalue weighted by molar-refractivity contribution is 5.96. The van der Waals surface area contributed by atoms with Crippen LogP contribution >= 0.6 is 0 Å². The minimum Gasteiger partial charge on any atom is -0.492 e. The van der Waals surface area contributed by atoms with Crippen molar-refractivity contribution in [3.63, 3.8) is 0 Å². The van der Waals surface area contributed by atoms with Crippen LogP contribution in [0.3, 0.4) is 0 Å². The number of hydrogen-bond acceptors (Lipinski definition) is 5. The van der Waals surface area contributed by atoms with E-state index in [0.717, 1.165) is 58.8 Å². The molecule has 3 heterocycles. The van der Waals surface area contributed by atoms with Gasteiger partial charge in [0, 0.05) is 48.7 Å². The van der Waals surface area contributed by atoms with Gasteiger partial charge in [0.25, 0.3) is 5.91 Å². The second-order valence-electron chi connectivity index (χ2n) is 10.8. The second-order valence-corrected chi connectivity index (χ2v) is 10.8. The Morgan fingerprint density at radius 2 is 1.69 bits per heavy atom. The Labute approximate surface area is 230 Å². The predicted molar refractivity (Wildman–Crippen MR) is 154 cm³/mol. The Morgan fingerprint density at radius 1 is 0.974 bits per heavy atom. The summed E-state index contributed by atoms with van der Waals surface area (Å²) in [6, 6.07) is 12.2. The molecule has 0 aliphatic carbocycles. The minimum absolute atomic E-state index is 0.117. The van der Waals surface area contributed by atoms with E-state index in [1.807, 2.05) is 62.4 Å². The average molecular weight is 527 g/mol. The fourth-order valence-corrected chi connectivity index (χ4v) is 4.77. The van der Waals surface area contributed by atoms with Crippen LogP contribution in [-0.4, -0.2) is 56.6 Å². The molecule has 1 amide bonds. The first-order valence-corrected chi connectivity index (χ1v) is 13.7. The summed E-state index contributed by atoms with van der Waals surface area (Å²) in [7, 11) is 1.91. The van der Waals surface area contributed by atoms with Crippen LogP contribution in [0.25, 0.3) is 22.3 Å². The van der Waals surface area contributed by atoms with Gasteiger partial charge in [0.15, 0.2) is 0 Å². The molecule has 0 unspecified atom stereocenters. The van der Waals surface area contributed by atoms with Crippen molar-refractivity contribution in [2.45, 2.75) is 46.2 Å². The van der Waals surface area contributed by atoms with Gasteiger partial charge >= 0.3 is 0 Å². The van der Waals surface area contributed by atoms with Crippen molar-refractivity contribution in [2.24, 2.45) is 7.05 Å². The topological polar surface area (TPSA) is 77.2 Å². The summed E-state index contributed by atoms with van der Waals surface area (Å²) in [6.07, 6.45) is 9.09. The number of nitrogens with one attached hydrogen (secondary N) is 1. The highest BCUT2D eigenvalue weighted by Gasteiger charge is 2.18. The first-order chi connectivity index (χ1) is 18.8. The van der Waals surface area contributed by atoms with Gasteiger partial charge in [-0.05, 0) is 99.8 Å². The number of ether oxygens (including phenoxy) is 1. The van der Waals surface area contributed by atoms with Crippen molar-refractivity contribution < 1.29 is 9.53 Å². The molecule has 1 fully saturated rings. The lowest BCUT2D eigenvalue weighted by molar-refractivity contribution is 0.0938. The van der Waals surface area contributed by atoms with Gasteiger partial charge < -0.3 is 10.1 Å². The van der Waals surface area contributed by atoms with E-state index in [-0.39, 0.29) is 18.0 Å². The summed E-state index contributed by atoms with van der Waals surface area (Å²) in [5.74, 6) is 0.608. The first-order valence-electron chi connectivity index (χ1n) is 13.7. The number of rotatable bonds is 10. The lowest BCUT2D eigenvalue weighted by Crippen LogP contribution is -2.39. The van der Waals surface area contributed by atoms with Crippen LogP contribution in [0.4, 0.5) is 0 Å². The van der Waals surface area contributed by atoms with E-state index in [9.17, 15) is 4.79 Å². The van der Waals surface area contributed by atoms with Gasteiger partial charge in [0.1, 0.15) is 12.4 Å². The summed E-state index contributed by atoms with van der Waals surface area (Å²) in [6.45, 7) is 12.0. The third-order valence-electron chi connectivity index (χ3n) is 7.38. The van der Waals surface area contributed by atoms with E-state index in [1.165, 1.54) is 6.42 Å². The number of carbonyl (C=O) groups is 1. The summed E-state index contributed by atoms with van der Waals surface area (Å²) in [5.41, 5.74) is 6.71. The third-order valence-corrected chi connectivity index (χ3v) is 7.38. The number of hydrogen-bond donors (Lipinski definition) is 1. The number of carbonyl (C=O) groups excluding carboxylic acids is 1. The molecule has 0 bridgehead atoms. The number of amides is 1. The van der Waals surface area contributed by atoms with E-state index in [0.29, 0.717) is 12.2 Å². The molecule has 4 aromatic rings. The zero-order chi connectivity index (χ0) is 27.5. The highest BCUT2D eigenvalue weighted by atomic mass is 16.5. The van der Waals surface area contributed by atoms with Gasteiger partial charge in [0.05, 0.1) is 18.4 Å². The van der Waals surface area contributed by atoms with E-state index < -0.39 is 0 Å². The highest BCUT2D eigenvalue weighted by Crippen LogP contribution is 2.31. The zero-order valence-electron chi connectivity index (χ0n) is 23.5. The first kappa shape index (κ1) is 26.7. The Hall–Kier alpha value is -3.91. The molecule has 0 radical (unpaired) electrons. The monoisotopic (exact) mass is 526 g/mol. The molecule has 2 aromatic carbocycles. The largest absolute Gasteiger partial charge is 0.492 e. The molecule has 1 atom stereocenters. The molecular weight excluding hydrogens is 488 g/mol. The van der Waals surface area contributed by atoms with Crippen molar-refractivity contribution in [1.29, 1.82) is 0 Å². The van der Waals surface area contributed by atoms with Crippen LogP contribution in [0.15, 0.2) is 61.2 Å². The molecule has 0 saturated carbocycles. The van der Waals surface area contributed by atoms with Crippen LogP contribution in [0, 0.1) is 6.92 Å². The molecule has 1 aliphatic heterocycles. The average Bonchev–Trinajstić information content (AvgIpc) is 3.56. The summed E-state index contributed by atoms with van der Waals surface area (Å²) in [5, 5.41) is 12.1. The van der Waals surface area contributed by atoms with Gasteiger partial charge in [-0.2, -0.15) is 10.2 Å². The summed E-state index contributed by atoms with van der Waals surface area (Å²) < 4.78 is 9.71. The lowest BCUT2D eigenvalue weighted by atomic mass is 9.96. The SMILES string of the molecule is Cc1ccc(OCCN2CCC2)cc1C(=O)N[C@H](C)c1cc(-c2cnn(C)c2)cc(-c2cnn(C(C)C)c2)c1. The maximum atomic E-state index is 13.4. The molecular formula is C31H38N6O2. The second kappa shape index (κ2) is 11.5. The van der Waals surface area contributed by atoms with E-state index >= 15 is 0 Å². The van der Waals surface area contributed by atoms with Gasteiger partial charge in [-0.1, -0.05) is 6.07 Å². The van der Waals surface area contributed by atoms with Gasteiger partial charge in [-0.25, -0.2) is 0 Å². The molecule has 1 aliphatic rings. The Balaban J connectivity index is 1.37. The zero-order valence-corrected chi connectivity index (χ0v) is 23.5. The Kier molecular flexibility index (Phi) is 7.84.